The third kappa shape index (κ3) is 4.84. The van der Waals surface area contributed by atoms with Gasteiger partial charge in [0.25, 0.3) is 0 Å². The van der Waals surface area contributed by atoms with Crippen molar-refractivity contribution < 1.29 is 28.1 Å². The summed E-state index contributed by atoms with van der Waals surface area (Å²) in [5.74, 6) is -0.104. The molecule has 0 bridgehead atoms. The summed E-state index contributed by atoms with van der Waals surface area (Å²) in [5.41, 5.74) is -0.0689. The first-order valence-electron chi connectivity index (χ1n) is 5.75. The maximum atomic E-state index is 13.4. The van der Waals surface area contributed by atoms with Crippen molar-refractivity contribution in [3.63, 3.8) is 0 Å². The highest BCUT2D eigenvalue weighted by molar-refractivity contribution is 5.76. The average Bonchev–Trinajstić information content (AvgIpc) is 2.43. The summed E-state index contributed by atoms with van der Waals surface area (Å²) in [6.07, 6.45) is 0.426. The Morgan fingerprint density at radius 1 is 1.11 bits per heavy atom. The summed E-state index contributed by atoms with van der Waals surface area (Å²) in [4.78, 5) is 10.6. The monoisotopic (exact) mass is 272 g/mol. The van der Waals surface area contributed by atoms with E-state index in [2.05, 4.69) is 0 Å². The van der Waals surface area contributed by atoms with Gasteiger partial charge in [0.15, 0.2) is 17.8 Å². The number of benzene rings is 1. The number of methoxy groups -OCH3 is 2. The smallest absolute Gasteiger partial charge is 0.164 e. The first-order chi connectivity index (χ1) is 9.22. The fourth-order valence-electron chi connectivity index (χ4n) is 1.37. The first kappa shape index (κ1) is 15.4. The van der Waals surface area contributed by atoms with E-state index in [0.29, 0.717) is 31.9 Å². The van der Waals surface area contributed by atoms with Crippen LogP contribution in [0.2, 0.25) is 0 Å². The van der Waals surface area contributed by atoms with Gasteiger partial charge in [0.1, 0.15) is 12.4 Å². The quantitative estimate of drug-likeness (QED) is 0.506. The predicted molar refractivity (Wildman–Crippen MR) is 66.5 cm³/mol. The molecule has 1 aromatic carbocycles. The van der Waals surface area contributed by atoms with Crippen molar-refractivity contribution in [2.75, 3.05) is 40.6 Å². The van der Waals surface area contributed by atoms with E-state index in [1.165, 1.54) is 13.2 Å². The maximum absolute atomic E-state index is 13.4. The lowest BCUT2D eigenvalue weighted by Gasteiger charge is -2.11. The fourth-order valence-corrected chi connectivity index (χ4v) is 1.37. The highest BCUT2D eigenvalue weighted by Gasteiger charge is 2.11. The second-order valence-electron chi connectivity index (χ2n) is 3.60. The molecule has 0 heterocycles. The van der Waals surface area contributed by atoms with E-state index >= 15 is 0 Å². The highest BCUT2D eigenvalue weighted by Crippen LogP contribution is 2.29. The van der Waals surface area contributed by atoms with Gasteiger partial charge in [0.2, 0.25) is 0 Å². The van der Waals surface area contributed by atoms with Crippen LogP contribution in [0.3, 0.4) is 0 Å². The van der Waals surface area contributed by atoms with E-state index in [9.17, 15) is 9.18 Å². The Bertz CT molecular complexity index is 408. The van der Waals surface area contributed by atoms with Crippen LogP contribution in [0.5, 0.6) is 11.5 Å². The zero-order chi connectivity index (χ0) is 14.1. The molecule has 0 aromatic heterocycles. The molecule has 0 N–H and O–H groups in total. The summed E-state index contributed by atoms with van der Waals surface area (Å²) in [6.45, 7) is 1.57. The molecule has 1 aromatic rings. The van der Waals surface area contributed by atoms with Crippen molar-refractivity contribution in [2.24, 2.45) is 0 Å². The minimum absolute atomic E-state index is 0.0689. The zero-order valence-corrected chi connectivity index (χ0v) is 11.0. The fraction of sp³-hybridized carbons (Fsp3) is 0.462. The van der Waals surface area contributed by atoms with Crippen LogP contribution in [0.4, 0.5) is 4.39 Å². The SMILES string of the molecule is COCCOCCOc1cc(F)c(C=O)cc1OC. The van der Waals surface area contributed by atoms with Gasteiger partial charge >= 0.3 is 0 Å². The summed E-state index contributed by atoms with van der Waals surface area (Å²) in [6, 6.07) is 2.42. The summed E-state index contributed by atoms with van der Waals surface area (Å²) < 4.78 is 33.8. The van der Waals surface area contributed by atoms with Crippen LogP contribution in [0.1, 0.15) is 10.4 Å². The van der Waals surface area contributed by atoms with E-state index in [1.54, 1.807) is 7.11 Å². The Labute approximate surface area is 111 Å². The van der Waals surface area contributed by atoms with Crippen molar-refractivity contribution >= 4 is 6.29 Å². The molecule has 0 aliphatic carbocycles. The van der Waals surface area contributed by atoms with Crippen LogP contribution in [0.25, 0.3) is 0 Å². The Hall–Kier alpha value is -1.66. The number of hydrogen-bond acceptors (Lipinski definition) is 5. The lowest BCUT2D eigenvalue weighted by atomic mass is 10.2. The van der Waals surface area contributed by atoms with Gasteiger partial charge < -0.3 is 18.9 Å². The molecule has 5 nitrogen and oxygen atoms in total. The van der Waals surface area contributed by atoms with Crippen LogP contribution in [0.15, 0.2) is 12.1 Å². The maximum Gasteiger partial charge on any atom is 0.164 e. The lowest BCUT2D eigenvalue weighted by molar-refractivity contribution is 0.0539. The van der Waals surface area contributed by atoms with Gasteiger partial charge in [-0.1, -0.05) is 0 Å². The molecule has 0 atom stereocenters. The largest absolute Gasteiger partial charge is 0.493 e. The lowest BCUT2D eigenvalue weighted by Crippen LogP contribution is -2.10. The van der Waals surface area contributed by atoms with Gasteiger partial charge in [-0.15, -0.1) is 0 Å². The molecular formula is C13H17FO5. The number of halogens is 1. The van der Waals surface area contributed by atoms with Gasteiger partial charge in [-0.25, -0.2) is 4.39 Å². The summed E-state index contributed by atoms with van der Waals surface area (Å²) in [5, 5.41) is 0. The van der Waals surface area contributed by atoms with E-state index < -0.39 is 5.82 Å². The normalized spacial score (nSPS) is 10.3. The topological polar surface area (TPSA) is 54.0 Å². The molecule has 6 heteroatoms. The standard InChI is InChI=1S/C13H17FO5/c1-16-3-4-18-5-6-19-13-8-11(14)10(9-15)7-12(13)17-2/h7-9H,3-6H2,1-2H3. The van der Waals surface area contributed by atoms with E-state index in [-0.39, 0.29) is 17.9 Å². The molecule has 0 aliphatic heterocycles. The summed E-state index contributed by atoms with van der Waals surface area (Å²) in [7, 11) is 3.01. The molecule has 1 rings (SSSR count). The molecule has 0 saturated carbocycles. The van der Waals surface area contributed by atoms with Gasteiger partial charge in [-0.05, 0) is 6.07 Å². The zero-order valence-electron chi connectivity index (χ0n) is 11.0. The molecule has 19 heavy (non-hydrogen) atoms. The average molecular weight is 272 g/mol. The Kier molecular flexibility index (Phi) is 6.84. The number of rotatable bonds is 9. The minimum atomic E-state index is -0.647. The molecule has 0 fully saturated rings. The minimum Gasteiger partial charge on any atom is -0.493 e. The molecule has 106 valence electrons. The van der Waals surface area contributed by atoms with Crippen LogP contribution in [-0.4, -0.2) is 46.9 Å². The van der Waals surface area contributed by atoms with Crippen molar-refractivity contribution in [2.45, 2.75) is 0 Å². The van der Waals surface area contributed by atoms with Gasteiger partial charge in [-0.3, -0.25) is 4.79 Å². The molecular weight excluding hydrogens is 255 g/mol. The third-order valence-corrected chi connectivity index (χ3v) is 2.33. The third-order valence-electron chi connectivity index (χ3n) is 2.33. The highest BCUT2D eigenvalue weighted by atomic mass is 19.1. The molecule has 0 radical (unpaired) electrons. The number of aldehydes is 1. The van der Waals surface area contributed by atoms with Gasteiger partial charge in [-0.2, -0.15) is 0 Å². The first-order valence-corrected chi connectivity index (χ1v) is 5.75. The van der Waals surface area contributed by atoms with Crippen molar-refractivity contribution in [1.29, 1.82) is 0 Å². The van der Waals surface area contributed by atoms with Crippen LogP contribution >= 0.6 is 0 Å². The Morgan fingerprint density at radius 3 is 2.47 bits per heavy atom. The van der Waals surface area contributed by atoms with E-state index in [1.807, 2.05) is 0 Å². The molecule has 0 aliphatic rings. The van der Waals surface area contributed by atoms with E-state index in [4.69, 9.17) is 18.9 Å². The van der Waals surface area contributed by atoms with Crippen LogP contribution in [-0.2, 0) is 9.47 Å². The summed E-state index contributed by atoms with van der Waals surface area (Å²) >= 11 is 0. The predicted octanol–water partition coefficient (Wildman–Crippen LogP) is 1.69. The Balaban J connectivity index is 2.53. The van der Waals surface area contributed by atoms with Crippen LogP contribution in [0, 0.1) is 5.82 Å². The van der Waals surface area contributed by atoms with Gasteiger partial charge in [0, 0.05) is 13.2 Å². The molecule has 0 spiro atoms. The number of carbonyl (C=O) groups is 1. The molecule has 0 unspecified atom stereocenters. The molecule has 0 amide bonds. The van der Waals surface area contributed by atoms with Crippen molar-refractivity contribution in [3.8, 4) is 11.5 Å². The number of ether oxygens (including phenoxy) is 4. The van der Waals surface area contributed by atoms with E-state index in [0.717, 1.165) is 6.07 Å². The van der Waals surface area contributed by atoms with Crippen LogP contribution < -0.4 is 9.47 Å². The van der Waals surface area contributed by atoms with Crippen molar-refractivity contribution in [1.82, 2.24) is 0 Å². The van der Waals surface area contributed by atoms with Crippen molar-refractivity contribution in [3.05, 3.63) is 23.5 Å². The number of hydrogen-bond donors (Lipinski definition) is 0. The number of carbonyl (C=O) groups excluding carboxylic acids is 1. The second-order valence-corrected chi connectivity index (χ2v) is 3.60. The Morgan fingerprint density at radius 2 is 1.84 bits per heavy atom. The molecule has 0 saturated heterocycles. The second kappa shape index (κ2) is 8.44. The van der Waals surface area contributed by atoms with Gasteiger partial charge in [0.05, 0.1) is 32.5 Å².